The first kappa shape index (κ1) is 10.8. The second-order valence-corrected chi connectivity index (χ2v) is 4.09. The first-order valence-corrected chi connectivity index (χ1v) is 4.85. The van der Waals surface area contributed by atoms with E-state index in [0.717, 1.165) is 0 Å². The van der Waals surface area contributed by atoms with Crippen LogP contribution in [-0.2, 0) is 10.1 Å². The fourth-order valence-corrected chi connectivity index (χ4v) is 1.08. The predicted molar refractivity (Wildman–Crippen MR) is 42.4 cm³/mol. The van der Waals surface area contributed by atoms with Crippen molar-refractivity contribution < 1.29 is 13.0 Å². The van der Waals surface area contributed by atoms with Crippen LogP contribution < -0.4 is 11.5 Å². The molecule has 6 heteroatoms. The van der Waals surface area contributed by atoms with Gasteiger partial charge in [-0.3, -0.25) is 4.55 Å². The lowest BCUT2D eigenvalue weighted by molar-refractivity contribution is 0.452. The van der Waals surface area contributed by atoms with Crippen LogP contribution in [0.2, 0.25) is 0 Å². The molecule has 0 saturated heterocycles. The van der Waals surface area contributed by atoms with Crippen LogP contribution in [0.4, 0.5) is 0 Å². The van der Waals surface area contributed by atoms with Crippen molar-refractivity contribution in [2.75, 3.05) is 0 Å². The van der Waals surface area contributed by atoms with Gasteiger partial charge in [-0.2, -0.15) is 8.42 Å². The minimum absolute atomic E-state index is 0.0926. The Kier molecular flexibility index (Phi) is 3.95. The summed E-state index contributed by atoms with van der Waals surface area (Å²) in [5.41, 5.74) is 10.5. The molecule has 68 valence electrons. The quantitative estimate of drug-likeness (QED) is 0.498. The number of nitrogens with two attached hydrogens (primary N) is 2. The highest BCUT2D eigenvalue weighted by Gasteiger charge is 2.19. The predicted octanol–water partition coefficient (Wildman–Crippen LogP) is -0.714. The van der Waals surface area contributed by atoms with Crippen molar-refractivity contribution >= 4 is 10.1 Å². The fraction of sp³-hybridized carbons (Fsp3) is 1.00. The Morgan fingerprint density at radius 3 is 2.18 bits per heavy atom. The van der Waals surface area contributed by atoms with E-state index >= 15 is 0 Å². The Morgan fingerprint density at radius 1 is 1.45 bits per heavy atom. The van der Waals surface area contributed by atoms with Gasteiger partial charge in [0.05, 0.1) is 0 Å². The van der Waals surface area contributed by atoms with E-state index in [9.17, 15) is 8.42 Å². The zero-order valence-electron chi connectivity index (χ0n) is 6.40. The molecule has 0 aliphatic rings. The van der Waals surface area contributed by atoms with Crippen LogP contribution in [0.25, 0.3) is 0 Å². The van der Waals surface area contributed by atoms with Crippen molar-refractivity contribution in [3.05, 3.63) is 0 Å². The van der Waals surface area contributed by atoms with E-state index in [4.69, 9.17) is 16.0 Å². The van der Waals surface area contributed by atoms with E-state index in [2.05, 4.69) is 0 Å². The summed E-state index contributed by atoms with van der Waals surface area (Å²) in [5.74, 6) is 0. The van der Waals surface area contributed by atoms with E-state index in [-0.39, 0.29) is 12.5 Å². The molecule has 0 saturated carbocycles. The summed E-state index contributed by atoms with van der Waals surface area (Å²) in [5, 5.41) is -1.25. The molecule has 0 aromatic carbocycles. The zero-order chi connectivity index (χ0) is 9.07. The van der Waals surface area contributed by atoms with Gasteiger partial charge in [0, 0.05) is 6.04 Å². The topological polar surface area (TPSA) is 106 Å². The largest absolute Gasteiger partial charge is 0.328 e. The van der Waals surface area contributed by atoms with Gasteiger partial charge in [0.15, 0.2) is 0 Å². The van der Waals surface area contributed by atoms with E-state index in [1.807, 2.05) is 6.92 Å². The lowest BCUT2D eigenvalue weighted by Gasteiger charge is -2.12. The number of hydrogen-bond donors (Lipinski definition) is 3. The SMILES string of the molecule is CCC(N)CC(N)S(=O)(=O)O. The van der Waals surface area contributed by atoms with E-state index in [1.165, 1.54) is 0 Å². The molecule has 0 aromatic heterocycles. The van der Waals surface area contributed by atoms with Crippen LogP contribution >= 0.6 is 0 Å². The highest BCUT2D eigenvalue weighted by atomic mass is 32.2. The smallest absolute Gasteiger partial charge is 0.280 e. The van der Waals surface area contributed by atoms with Crippen molar-refractivity contribution in [3.63, 3.8) is 0 Å². The average molecular weight is 182 g/mol. The van der Waals surface area contributed by atoms with Crippen molar-refractivity contribution in [1.29, 1.82) is 0 Å². The molecule has 5 nitrogen and oxygen atoms in total. The van der Waals surface area contributed by atoms with Gasteiger partial charge < -0.3 is 11.5 Å². The highest BCUT2D eigenvalue weighted by Crippen LogP contribution is 2.02. The van der Waals surface area contributed by atoms with Gasteiger partial charge in [0.2, 0.25) is 0 Å². The van der Waals surface area contributed by atoms with E-state index < -0.39 is 15.5 Å². The van der Waals surface area contributed by atoms with E-state index in [1.54, 1.807) is 0 Å². The fourth-order valence-electron chi connectivity index (χ4n) is 0.587. The summed E-state index contributed by atoms with van der Waals surface area (Å²) in [4.78, 5) is 0. The molecule has 0 bridgehead atoms. The standard InChI is InChI=1S/C5H14N2O3S/c1-2-4(6)3-5(7)11(8,9)10/h4-5H,2-3,6-7H2,1H3,(H,8,9,10). The summed E-state index contributed by atoms with van der Waals surface area (Å²) >= 11 is 0. The summed E-state index contributed by atoms with van der Waals surface area (Å²) in [7, 11) is -4.11. The van der Waals surface area contributed by atoms with Gasteiger partial charge in [0.25, 0.3) is 10.1 Å². The van der Waals surface area contributed by atoms with Gasteiger partial charge in [-0.15, -0.1) is 0 Å². The molecule has 0 amide bonds. The summed E-state index contributed by atoms with van der Waals surface area (Å²) in [6.45, 7) is 1.82. The Bertz CT molecular complexity index is 202. The van der Waals surface area contributed by atoms with Crippen LogP contribution in [0.5, 0.6) is 0 Å². The maximum absolute atomic E-state index is 10.4. The summed E-state index contributed by atoms with van der Waals surface area (Å²) in [6.07, 6.45) is 0.735. The summed E-state index contributed by atoms with van der Waals surface area (Å²) in [6, 6.07) is -0.271. The molecule has 0 radical (unpaired) electrons. The normalized spacial score (nSPS) is 17.8. The van der Waals surface area contributed by atoms with Crippen LogP contribution in [0.15, 0.2) is 0 Å². The third-order valence-corrected chi connectivity index (χ3v) is 2.40. The molecule has 0 aliphatic carbocycles. The van der Waals surface area contributed by atoms with Gasteiger partial charge in [-0.1, -0.05) is 6.92 Å². The van der Waals surface area contributed by atoms with Gasteiger partial charge in [0.1, 0.15) is 5.37 Å². The van der Waals surface area contributed by atoms with Crippen molar-refractivity contribution in [1.82, 2.24) is 0 Å². The Balaban J connectivity index is 3.98. The van der Waals surface area contributed by atoms with Gasteiger partial charge >= 0.3 is 0 Å². The number of hydrogen-bond acceptors (Lipinski definition) is 4. The Hall–Kier alpha value is -0.170. The van der Waals surface area contributed by atoms with Crippen molar-refractivity contribution in [2.45, 2.75) is 31.2 Å². The molecule has 2 atom stereocenters. The van der Waals surface area contributed by atoms with Crippen molar-refractivity contribution in [3.8, 4) is 0 Å². The summed E-state index contributed by atoms with van der Waals surface area (Å²) < 4.78 is 29.1. The maximum Gasteiger partial charge on any atom is 0.280 e. The molecular formula is C5H14N2O3S. The third-order valence-electron chi connectivity index (χ3n) is 1.44. The maximum atomic E-state index is 10.4. The average Bonchev–Trinajstić information content (AvgIpc) is 1.85. The third kappa shape index (κ3) is 4.31. The minimum Gasteiger partial charge on any atom is -0.328 e. The highest BCUT2D eigenvalue weighted by molar-refractivity contribution is 7.86. The van der Waals surface area contributed by atoms with Crippen LogP contribution in [-0.4, -0.2) is 24.4 Å². The molecule has 0 heterocycles. The second-order valence-electron chi connectivity index (χ2n) is 2.46. The lowest BCUT2D eigenvalue weighted by atomic mass is 10.2. The van der Waals surface area contributed by atoms with E-state index in [0.29, 0.717) is 6.42 Å². The monoisotopic (exact) mass is 182 g/mol. The molecular weight excluding hydrogens is 168 g/mol. The molecule has 0 fully saturated rings. The molecule has 0 rings (SSSR count). The van der Waals surface area contributed by atoms with Gasteiger partial charge in [-0.25, -0.2) is 0 Å². The van der Waals surface area contributed by atoms with Crippen LogP contribution in [0, 0.1) is 0 Å². The first-order chi connectivity index (χ1) is 4.88. The molecule has 0 aliphatic heterocycles. The molecule has 11 heavy (non-hydrogen) atoms. The van der Waals surface area contributed by atoms with Crippen LogP contribution in [0.3, 0.4) is 0 Å². The molecule has 0 spiro atoms. The van der Waals surface area contributed by atoms with Crippen LogP contribution in [0.1, 0.15) is 19.8 Å². The Labute approximate surface area is 66.5 Å². The van der Waals surface area contributed by atoms with Gasteiger partial charge in [-0.05, 0) is 12.8 Å². The molecule has 2 unspecified atom stereocenters. The lowest BCUT2D eigenvalue weighted by Crippen LogP contribution is -2.36. The minimum atomic E-state index is -4.11. The zero-order valence-corrected chi connectivity index (χ0v) is 7.21. The molecule has 5 N–H and O–H groups in total. The first-order valence-electron chi connectivity index (χ1n) is 3.35. The van der Waals surface area contributed by atoms with Crippen molar-refractivity contribution in [2.24, 2.45) is 11.5 Å². The molecule has 0 aromatic rings. The second kappa shape index (κ2) is 4.01. The number of rotatable bonds is 4. The Morgan fingerprint density at radius 2 is 1.91 bits per heavy atom.